The second-order valence-corrected chi connectivity index (χ2v) is 9.20. The molecule has 0 unspecified atom stereocenters. The van der Waals surface area contributed by atoms with Crippen LogP contribution in [-0.2, 0) is 21.9 Å². The summed E-state index contributed by atoms with van der Waals surface area (Å²) in [4.78, 5) is 12.6. The van der Waals surface area contributed by atoms with Crippen molar-refractivity contribution in [3.05, 3.63) is 52.3 Å². The van der Waals surface area contributed by atoms with Crippen molar-refractivity contribution in [2.24, 2.45) is 7.05 Å². The predicted molar refractivity (Wildman–Crippen MR) is 120 cm³/mol. The van der Waals surface area contributed by atoms with Crippen LogP contribution in [-0.4, -0.2) is 22.0 Å². The monoisotopic (exact) mass is 421 g/mol. The Morgan fingerprint density at radius 1 is 1.16 bits per heavy atom. The Morgan fingerprint density at radius 3 is 2.26 bits per heavy atom. The van der Waals surface area contributed by atoms with Crippen LogP contribution in [0.5, 0.6) is 0 Å². The van der Waals surface area contributed by atoms with E-state index in [1.807, 2.05) is 38.1 Å². The third-order valence-electron chi connectivity index (χ3n) is 5.87. The van der Waals surface area contributed by atoms with Gasteiger partial charge in [-0.2, -0.15) is 10.4 Å². The Balaban J connectivity index is 2.07. The molecule has 0 bridgehead atoms. The van der Waals surface area contributed by atoms with Crippen molar-refractivity contribution >= 4 is 17.5 Å². The Morgan fingerprint density at radius 2 is 1.77 bits per heavy atom. The van der Waals surface area contributed by atoms with Gasteiger partial charge in [-0.3, -0.25) is 4.68 Å². The molecule has 1 aromatic carbocycles. The molecule has 6 nitrogen and oxygen atoms in total. The molecule has 0 radical (unpaired) electrons. The van der Waals surface area contributed by atoms with Gasteiger partial charge in [0.2, 0.25) is 0 Å². The minimum absolute atomic E-state index is 0.00475. The summed E-state index contributed by atoms with van der Waals surface area (Å²) in [5, 5.41) is 14.5. The lowest BCUT2D eigenvalue weighted by molar-refractivity contribution is 0.0540. The van der Waals surface area contributed by atoms with E-state index in [2.05, 4.69) is 31.9 Å². The highest BCUT2D eigenvalue weighted by Crippen LogP contribution is 2.32. The maximum atomic E-state index is 12.6. The lowest BCUT2D eigenvalue weighted by atomic mass is 9.86. The van der Waals surface area contributed by atoms with Gasteiger partial charge in [0.25, 0.3) is 0 Å². The molecule has 1 aliphatic rings. The second kappa shape index (κ2) is 8.97. The van der Waals surface area contributed by atoms with E-state index in [0.717, 1.165) is 42.5 Å². The van der Waals surface area contributed by atoms with Gasteiger partial charge in [-0.25, -0.2) is 4.79 Å². The summed E-state index contributed by atoms with van der Waals surface area (Å²) < 4.78 is 12.9. The zero-order valence-electron chi connectivity index (χ0n) is 19.3. The zero-order chi connectivity index (χ0) is 22.8. The maximum absolute atomic E-state index is 12.6. The molecule has 0 amide bonds. The van der Waals surface area contributed by atoms with Crippen LogP contribution < -0.4 is 0 Å². The van der Waals surface area contributed by atoms with Crippen LogP contribution in [0.3, 0.4) is 0 Å². The van der Waals surface area contributed by atoms with Gasteiger partial charge in [0.1, 0.15) is 23.4 Å². The van der Waals surface area contributed by atoms with Crippen LogP contribution in [0.25, 0.3) is 11.3 Å². The number of rotatable bonds is 4. The molecule has 0 atom stereocenters. The second-order valence-electron chi connectivity index (χ2n) is 9.20. The highest BCUT2D eigenvalue weighted by Gasteiger charge is 2.27. The molecular weight excluding hydrogens is 390 g/mol. The Kier molecular flexibility index (Phi) is 6.54. The molecule has 1 fully saturated rings. The summed E-state index contributed by atoms with van der Waals surface area (Å²) in [7, 11) is 1.78. The molecule has 1 saturated carbocycles. The lowest BCUT2D eigenvalue weighted by Crippen LogP contribution is -2.17. The summed E-state index contributed by atoms with van der Waals surface area (Å²) >= 11 is 0. The van der Waals surface area contributed by atoms with E-state index >= 15 is 0 Å². The fraction of sp³-hybridized carbons (Fsp3) is 0.480. The largest absolute Gasteiger partial charge is 0.514 e. The van der Waals surface area contributed by atoms with Gasteiger partial charge in [-0.15, -0.1) is 0 Å². The molecular formula is C25H31N3O3. The average Bonchev–Trinajstić information content (AvgIpc) is 3.29. The first kappa shape index (κ1) is 22.6. The fourth-order valence-electron chi connectivity index (χ4n) is 3.93. The van der Waals surface area contributed by atoms with Gasteiger partial charge in [0.05, 0.1) is 5.69 Å². The van der Waals surface area contributed by atoms with E-state index < -0.39 is 6.16 Å². The van der Waals surface area contributed by atoms with Gasteiger partial charge in [-0.1, -0.05) is 45.0 Å². The highest BCUT2D eigenvalue weighted by molar-refractivity contribution is 5.97. The number of carbonyl (C=O) groups excluding carboxylic acids is 1. The van der Waals surface area contributed by atoms with Crippen molar-refractivity contribution < 1.29 is 14.3 Å². The number of nitriles is 1. The molecule has 6 heteroatoms. The normalized spacial score (nSPS) is 15.4. The van der Waals surface area contributed by atoms with Crippen LogP contribution in [0.2, 0.25) is 0 Å². The van der Waals surface area contributed by atoms with Crippen molar-refractivity contribution in [3.8, 4) is 6.07 Å². The fourth-order valence-corrected chi connectivity index (χ4v) is 3.93. The molecule has 2 aromatic rings. The SMILES string of the molecule is Cc1nn(C)c(/C(OC(=O)OC2CCCC2)=C(\C#N)c2ccc(C(C)(C)C)cc2)c1C. The van der Waals surface area contributed by atoms with Crippen molar-refractivity contribution in [3.63, 3.8) is 0 Å². The number of aryl methyl sites for hydroxylation is 2. The smallest absolute Gasteiger partial charge is 0.431 e. The maximum Gasteiger partial charge on any atom is 0.514 e. The number of aromatic nitrogens is 2. The molecule has 164 valence electrons. The van der Waals surface area contributed by atoms with E-state index in [0.29, 0.717) is 11.3 Å². The third kappa shape index (κ3) is 4.99. The number of nitrogens with zero attached hydrogens (tertiary/aromatic N) is 3. The van der Waals surface area contributed by atoms with E-state index in [1.54, 1.807) is 11.7 Å². The molecule has 0 saturated heterocycles. The summed E-state index contributed by atoms with van der Waals surface area (Å²) in [5.41, 5.74) is 4.36. The number of hydrogen-bond donors (Lipinski definition) is 0. The number of carbonyl (C=O) groups is 1. The molecule has 1 heterocycles. The summed E-state index contributed by atoms with van der Waals surface area (Å²) in [6.07, 6.45) is 2.88. The summed E-state index contributed by atoms with van der Waals surface area (Å²) in [6.45, 7) is 10.2. The number of benzene rings is 1. The summed E-state index contributed by atoms with van der Waals surface area (Å²) in [5.74, 6) is 0.176. The number of ether oxygens (including phenoxy) is 2. The first-order chi connectivity index (χ1) is 14.6. The molecule has 31 heavy (non-hydrogen) atoms. The van der Waals surface area contributed by atoms with E-state index in [1.165, 1.54) is 0 Å². The van der Waals surface area contributed by atoms with Gasteiger partial charge in [0.15, 0.2) is 5.76 Å². The average molecular weight is 422 g/mol. The minimum atomic E-state index is -0.779. The quantitative estimate of drug-likeness (QED) is 0.353. The Bertz CT molecular complexity index is 1030. The van der Waals surface area contributed by atoms with Crippen molar-refractivity contribution in [1.82, 2.24) is 9.78 Å². The molecule has 3 rings (SSSR count). The van der Waals surface area contributed by atoms with Crippen molar-refractivity contribution in [2.75, 3.05) is 0 Å². The van der Waals surface area contributed by atoms with Gasteiger partial charge in [0, 0.05) is 12.6 Å². The zero-order valence-corrected chi connectivity index (χ0v) is 19.3. The van der Waals surface area contributed by atoms with Gasteiger partial charge < -0.3 is 9.47 Å². The van der Waals surface area contributed by atoms with Crippen molar-refractivity contribution in [2.45, 2.75) is 71.8 Å². The lowest BCUT2D eigenvalue weighted by Gasteiger charge is -2.19. The molecule has 1 aliphatic carbocycles. The topological polar surface area (TPSA) is 77.1 Å². The van der Waals surface area contributed by atoms with E-state index in [-0.39, 0.29) is 22.9 Å². The third-order valence-corrected chi connectivity index (χ3v) is 5.87. The first-order valence-electron chi connectivity index (χ1n) is 10.8. The van der Waals surface area contributed by atoms with Crippen LogP contribution >= 0.6 is 0 Å². The molecule has 0 N–H and O–H groups in total. The van der Waals surface area contributed by atoms with Gasteiger partial charge >= 0.3 is 6.16 Å². The Hall–Kier alpha value is -3.07. The van der Waals surface area contributed by atoms with Crippen LogP contribution in [0.4, 0.5) is 4.79 Å². The molecule has 0 aliphatic heterocycles. The minimum Gasteiger partial charge on any atom is -0.431 e. The molecule has 1 aromatic heterocycles. The van der Waals surface area contributed by atoms with Crippen molar-refractivity contribution in [1.29, 1.82) is 5.26 Å². The summed E-state index contributed by atoms with van der Waals surface area (Å²) in [6, 6.07) is 10.0. The van der Waals surface area contributed by atoms with E-state index in [4.69, 9.17) is 9.47 Å². The van der Waals surface area contributed by atoms with Crippen LogP contribution in [0.1, 0.15) is 74.5 Å². The standard InChI is InChI=1S/C25H31N3O3/c1-16-17(2)27-28(6)22(16)23(31-24(29)30-20-9-7-8-10-20)21(15-26)18-11-13-19(14-12-18)25(3,4)5/h11-14,20H,7-10H2,1-6H3/b23-21-. The van der Waals surface area contributed by atoms with Gasteiger partial charge in [-0.05, 0) is 56.1 Å². The predicted octanol–water partition coefficient (Wildman–Crippen LogP) is 5.82. The Labute approximate surface area is 184 Å². The van der Waals surface area contributed by atoms with E-state index in [9.17, 15) is 10.1 Å². The van der Waals surface area contributed by atoms with Crippen LogP contribution in [0, 0.1) is 25.2 Å². The number of hydrogen-bond acceptors (Lipinski definition) is 5. The highest BCUT2D eigenvalue weighted by atomic mass is 16.7. The number of allylic oxidation sites excluding steroid dienone is 1. The first-order valence-corrected chi connectivity index (χ1v) is 10.8. The molecule has 0 spiro atoms. The van der Waals surface area contributed by atoms with Crippen LogP contribution in [0.15, 0.2) is 24.3 Å².